The van der Waals surface area contributed by atoms with Gasteiger partial charge in [0, 0.05) is 0 Å². The maximum Gasteiger partial charge on any atom is 0.523 e. The highest BCUT2D eigenvalue weighted by Crippen LogP contribution is 2.26. The molecule has 0 bridgehead atoms. The molecule has 9 heteroatoms. The number of ether oxygens (including phenoxy) is 2. The first kappa shape index (κ1) is 11.7. The van der Waals surface area contributed by atoms with E-state index in [1.807, 2.05) is 0 Å². The van der Waals surface area contributed by atoms with Crippen molar-refractivity contribution >= 4 is 10.1 Å². The van der Waals surface area contributed by atoms with E-state index in [0.29, 0.717) is 0 Å². The number of alkyl halides is 3. The Morgan fingerprint density at radius 2 is 1.71 bits per heavy atom. The van der Waals surface area contributed by atoms with Crippen LogP contribution in [-0.4, -0.2) is 40.0 Å². The third-order valence-electron chi connectivity index (χ3n) is 1.32. The minimum Gasteiger partial charge on any atom is -0.353 e. The van der Waals surface area contributed by atoms with Crippen molar-refractivity contribution in [2.75, 3.05) is 20.0 Å². The molecule has 0 aliphatic carbocycles. The molecule has 0 amide bonds. The lowest BCUT2D eigenvalue weighted by Gasteiger charge is -2.22. The Kier molecular flexibility index (Phi) is 3.35. The molecule has 0 aromatic rings. The number of halogens is 3. The second-order valence-electron chi connectivity index (χ2n) is 2.48. The summed E-state index contributed by atoms with van der Waals surface area (Å²) in [6, 6.07) is 0. The van der Waals surface area contributed by atoms with Crippen LogP contribution in [0.2, 0.25) is 0 Å². The van der Waals surface area contributed by atoms with Gasteiger partial charge in [-0.2, -0.15) is 21.6 Å². The van der Waals surface area contributed by atoms with E-state index in [9.17, 15) is 21.6 Å². The maximum absolute atomic E-state index is 11.8. The van der Waals surface area contributed by atoms with Gasteiger partial charge in [0.25, 0.3) is 0 Å². The maximum atomic E-state index is 11.8. The van der Waals surface area contributed by atoms with Gasteiger partial charge >= 0.3 is 15.6 Å². The van der Waals surface area contributed by atoms with E-state index < -0.39 is 21.7 Å². The molecule has 0 spiro atoms. The van der Waals surface area contributed by atoms with Gasteiger partial charge in [-0.15, -0.1) is 0 Å². The molecule has 0 unspecified atom stereocenters. The summed E-state index contributed by atoms with van der Waals surface area (Å²) in [4.78, 5) is 0. The van der Waals surface area contributed by atoms with E-state index in [1.165, 1.54) is 0 Å². The zero-order chi connectivity index (χ0) is 10.8. The fourth-order valence-corrected chi connectivity index (χ4v) is 1.33. The lowest BCUT2D eigenvalue weighted by atomic mass is 10.4. The van der Waals surface area contributed by atoms with Crippen molar-refractivity contribution in [3.8, 4) is 0 Å². The molecule has 84 valence electrons. The van der Waals surface area contributed by atoms with Crippen molar-refractivity contribution in [3.05, 3.63) is 0 Å². The summed E-state index contributed by atoms with van der Waals surface area (Å²) >= 11 is 0. The van der Waals surface area contributed by atoms with Crippen molar-refractivity contribution in [1.29, 1.82) is 0 Å². The number of hydrogen-bond acceptors (Lipinski definition) is 5. The molecule has 0 atom stereocenters. The van der Waals surface area contributed by atoms with Crippen LogP contribution in [0.5, 0.6) is 0 Å². The van der Waals surface area contributed by atoms with Crippen LogP contribution in [-0.2, 0) is 23.8 Å². The molecular formula is C5H7F3O5S. The molecule has 5 nitrogen and oxygen atoms in total. The Morgan fingerprint density at radius 1 is 1.21 bits per heavy atom. The predicted molar refractivity (Wildman–Crippen MR) is 36.6 cm³/mol. The van der Waals surface area contributed by atoms with E-state index in [0.717, 1.165) is 0 Å². The van der Waals surface area contributed by atoms with E-state index in [1.54, 1.807) is 0 Å². The molecular weight excluding hydrogens is 229 g/mol. The lowest BCUT2D eigenvalue weighted by Crippen LogP contribution is -2.37. The van der Waals surface area contributed by atoms with E-state index >= 15 is 0 Å². The average molecular weight is 236 g/mol. The Morgan fingerprint density at radius 3 is 2.14 bits per heavy atom. The molecule has 1 heterocycles. The molecule has 0 N–H and O–H groups in total. The summed E-state index contributed by atoms with van der Waals surface area (Å²) in [5.74, 6) is 0. The molecule has 1 fully saturated rings. The van der Waals surface area contributed by atoms with E-state index in [-0.39, 0.29) is 20.0 Å². The van der Waals surface area contributed by atoms with E-state index in [2.05, 4.69) is 13.7 Å². The summed E-state index contributed by atoms with van der Waals surface area (Å²) in [6.45, 7) is -0.559. The van der Waals surface area contributed by atoms with Gasteiger partial charge in [0.15, 0.2) is 0 Å². The summed E-state index contributed by atoms with van der Waals surface area (Å²) in [7, 11) is -5.56. The van der Waals surface area contributed by atoms with Crippen LogP contribution in [0.25, 0.3) is 0 Å². The first-order valence-corrected chi connectivity index (χ1v) is 4.89. The van der Waals surface area contributed by atoms with Crippen molar-refractivity contribution in [1.82, 2.24) is 0 Å². The topological polar surface area (TPSA) is 61.8 Å². The van der Waals surface area contributed by atoms with Crippen molar-refractivity contribution in [3.63, 3.8) is 0 Å². The third-order valence-corrected chi connectivity index (χ3v) is 2.41. The first-order valence-electron chi connectivity index (χ1n) is 3.48. The van der Waals surface area contributed by atoms with Gasteiger partial charge in [0.2, 0.25) is 0 Å². The van der Waals surface area contributed by atoms with Gasteiger partial charge in [-0.3, -0.25) is 4.18 Å². The second kappa shape index (κ2) is 4.01. The van der Waals surface area contributed by atoms with Crippen LogP contribution in [0.3, 0.4) is 0 Å². The zero-order valence-electron chi connectivity index (χ0n) is 6.78. The molecule has 1 rings (SSSR count). The average Bonchev–Trinajstić information content (AvgIpc) is 2.03. The quantitative estimate of drug-likeness (QED) is 0.507. The molecule has 1 aliphatic heterocycles. The fourth-order valence-electron chi connectivity index (χ4n) is 0.755. The minimum atomic E-state index is -5.56. The summed E-state index contributed by atoms with van der Waals surface area (Å²) in [5, 5.41) is 0. The molecule has 0 radical (unpaired) electrons. The minimum absolute atomic E-state index is 0.0775. The molecule has 1 saturated heterocycles. The van der Waals surface area contributed by atoms with Crippen molar-refractivity contribution in [2.45, 2.75) is 11.6 Å². The van der Waals surface area contributed by atoms with Crippen LogP contribution >= 0.6 is 0 Å². The highest BCUT2D eigenvalue weighted by molar-refractivity contribution is 7.87. The van der Waals surface area contributed by atoms with Gasteiger partial charge in [0.1, 0.15) is 12.9 Å². The molecule has 0 aromatic carbocycles. The van der Waals surface area contributed by atoms with Gasteiger partial charge in [-0.1, -0.05) is 0 Å². The SMILES string of the molecule is O=S(=O)(OC1COCOC1)C(F)(F)F. The van der Waals surface area contributed by atoms with Crippen LogP contribution in [0.4, 0.5) is 13.2 Å². The molecule has 0 saturated carbocycles. The van der Waals surface area contributed by atoms with Gasteiger partial charge in [0.05, 0.1) is 13.2 Å². The number of hydrogen-bond donors (Lipinski definition) is 0. The lowest BCUT2D eigenvalue weighted by molar-refractivity contribution is -0.147. The molecule has 1 aliphatic rings. The summed E-state index contributed by atoms with van der Waals surface area (Å²) in [5.41, 5.74) is -5.41. The molecule has 0 aromatic heterocycles. The third kappa shape index (κ3) is 2.80. The Balaban J connectivity index is 2.58. The predicted octanol–water partition coefficient (Wildman–Crippen LogP) is 0.225. The van der Waals surface area contributed by atoms with E-state index in [4.69, 9.17) is 0 Å². The normalized spacial score (nSPS) is 21.1. The summed E-state index contributed by atoms with van der Waals surface area (Å²) < 4.78 is 69.3. The Labute approximate surface area is 77.9 Å². The van der Waals surface area contributed by atoms with Crippen LogP contribution in [0, 0.1) is 0 Å². The fraction of sp³-hybridized carbons (Fsp3) is 1.00. The Bertz CT molecular complexity index is 278. The molecule has 14 heavy (non-hydrogen) atoms. The van der Waals surface area contributed by atoms with Crippen LogP contribution in [0.15, 0.2) is 0 Å². The smallest absolute Gasteiger partial charge is 0.353 e. The first-order chi connectivity index (χ1) is 6.33. The highest BCUT2D eigenvalue weighted by Gasteiger charge is 2.48. The van der Waals surface area contributed by atoms with Crippen LogP contribution in [0.1, 0.15) is 0 Å². The van der Waals surface area contributed by atoms with Gasteiger partial charge < -0.3 is 9.47 Å². The largest absolute Gasteiger partial charge is 0.523 e. The monoisotopic (exact) mass is 236 g/mol. The zero-order valence-corrected chi connectivity index (χ0v) is 7.60. The van der Waals surface area contributed by atoms with Gasteiger partial charge in [-0.25, -0.2) is 0 Å². The van der Waals surface area contributed by atoms with Crippen molar-refractivity contribution in [2.24, 2.45) is 0 Å². The Hall–Kier alpha value is -0.380. The number of rotatable bonds is 2. The van der Waals surface area contributed by atoms with Crippen LogP contribution < -0.4 is 0 Å². The standard InChI is InChI=1S/C5H7F3O5S/c6-5(7,8)14(9,10)13-4-1-11-3-12-2-4/h4H,1-3H2. The second-order valence-corrected chi connectivity index (χ2v) is 4.04. The van der Waals surface area contributed by atoms with Crippen molar-refractivity contribution < 1.29 is 35.2 Å². The summed E-state index contributed by atoms with van der Waals surface area (Å²) in [6.07, 6.45) is -1.24. The van der Waals surface area contributed by atoms with Gasteiger partial charge in [-0.05, 0) is 0 Å². The highest BCUT2D eigenvalue weighted by atomic mass is 32.2.